The van der Waals surface area contributed by atoms with Crippen molar-refractivity contribution >= 4 is 33.2 Å². The first kappa shape index (κ1) is 11.8. The van der Waals surface area contributed by atoms with Crippen molar-refractivity contribution in [2.24, 2.45) is 5.73 Å². The van der Waals surface area contributed by atoms with Crippen molar-refractivity contribution in [3.05, 3.63) is 27.7 Å². The lowest BCUT2D eigenvalue weighted by atomic mass is 9.97. The molecule has 3 rings (SSSR count). The third kappa shape index (κ3) is 2.09. The summed E-state index contributed by atoms with van der Waals surface area (Å²) in [5.74, 6) is 0. The highest BCUT2D eigenvalue weighted by atomic mass is 79.9. The van der Waals surface area contributed by atoms with Gasteiger partial charge in [0, 0.05) is 28.3 Å². The van der Waals surface area contributed by atoms with Gasteiger partial charge in [-0.3, -0.25) is 0 Å². The van der Waals surface area contributed by atoms with Crippen LogP contribution in [0, 0.1) is 0 Å². The van der Waals surface area contributed by atoms with E-state index in [4.69, 9.17) is 17.3 Å². The van der Waals surface area contributed by atoms with Crippen LogP contribution >= 0.6 is 27.5 Å². The van der Waals surface area contributed by atoms with E-state index >= 15 is 0 Å². The van der Waals surface area contributed by atoms with Crippen LogP contribution in [0.3, 0.4) is 0 Å². The van der Waals surface area contributed by atoms with E-state index in [1.54, 1.807) is 0 Å². The summed E-state index contributed by atoms with van der Waals surface area (Å²) >= 11 is 9.55. The van der Waals surface area contributed by atoms with E-state index in [1.165, 1.54) is 18.5 Å². The SMILES string of the molecule is NC1CC2CCC(C1)N2c1ccc(Cl)c(Br)c1. The van der Waals surface area contributed by atoms with Gasteiger partial charge in [0.25, 0.3) is 0 Å². The normalized spacial score (nSPS) is 31.9. The Morgan fingerprint density at radius 1 is 1.24 bits per heavy atom. The van der Waals surface area contributed by atoms with Crippen LogP contribution in [0.1, 0.15) is 25.7 Å². The van der Waals surface area contributed by atoms with Crippen LogP contribution < -0.4 is 10.6 Å². The van der Waals surface area contributed by atoms with Crippen LogP contribution in [0.4, 0.5) is 5.69 Å². The average Bonchev–Trinajstić information content (AvgIpc) is 2.55. The summed E-state index contributed by atoms with van der Waals surface area (Å²) in [6.07, 6.45) is 4.80. The van der Waals surface area contributed by atoms with E-state index in [0.29, 0.717) is 18.1 Å². The van der Waals surface area contributed by atoms with Crippen molar-refractivity contribution in [1.29, 1.82) is 0 Å². The van der Waals surface area contributed by atoms with E-state index in [-0.39, 0.29) is 0 Å². The van der Waals surface area contributed by atoms with Gasteiger partial charge in [-0.25, -0.2) is 0 Å². The Hall–Kier alpha value is -0.250. The molecule has 0 spiro atoms. The van der Waals surface area contributed by atoms with Gasteiger partial charge in [0.15, 0.2) is 0 Å². The van der Waals surface area contributed by atoms with Crippen molar-refractivity contribution in [2.45, 2.75) is 43.8 Å². The van der Waals surface area contributed by atoms with E-state index in [2.05, 4.69) is 33.0 Å². The van der Waals surface area contributed by atoms with E-state index < -0.39 is 0 Å². The lowest BCUT2D eigenvalue weighted by Gasteiger charge is -2.39. The highest BCUT2D eigenvalue weighted by molar-refractivity contribution is 9.10. The fourth-order valence-electron chi connectivity index (χ4n) is 3.29. The molecule has 2 atom stereocenters. The van der Waals surface area contributed by atoms with E-state index in [1.807, 2.05) is 6.07 Å². The summed E-state index contributed by atoms with van der Waals surface area (Å²) in [4.78, 5) is 2.55. The molecular formula is C13H16BrClN2. The Bertz CT molecular complexity index is 423. The van der Waals surface area contributed by atoms with Gasteiger partial charge >= 0.3 is 0 Å². The molecule has 0 radical (unpaired) electrons. The summed E-state index contributed by atoms with van der Waals surface area (Å²) < 4.78 is 0.978. The first-order valence-electron chi connectivity index (χ1n) is 6.14. The van der Waals surface area contributed by atoms with Gasteiger partial charge in [-0.1, -0.05) is 11.6 Å². The number of nitrogens with two attached hydrogens (primary N) is 1. The number of hydrogen-bond acceptors (Lipinski definition) is 2. The Kier molecular flexibility index (Phi) is 3.09. The smallest absolute Gasteiger partial charge is 0.0549 e. The molecule has 2 fully saturated rings. The van der Waals surface area contributed by atoms with Crippen LogP contribution in [0.5, 0.6) is 0 Å². The molecule has 17 heavy (non-hydrogen) atoms. The third-order valence-electron chi connectivity index (χ3n) is 3.97. The standard InChI is InChI=1S/C13H16BrClN2/c14-12-7-11(3-4-13(12)15)17-9-1-2-10(17)6-8(16)5-9/h3-4,7-10H,1-2,5-6,16H2. The molecule has 92 valence electrons. The molecule has 1 aromatic rings. The van der Waals surface area contributed by atoms with Crippen LogP contribution in [0.15, 0.2) is 22.7 Å². The molecular weight excluding hydrogens is 300 g/mol. The summed E-state index contributed by atoms with van der Waals surface area (Å²) in [7, 11) is 0. The molecule has 2 unspecified atom stereocenters. The zero-order valence-corrected chi connectivity index (χ0v) is 11.9. The maximum Gasteiger partial charge on any atom is 0.0549 e. The Labute approximate surface area is 115 Å². The molecule has 2 N–H and O–H groups in total. The zero-order valence-electron chi connectivity index (χ0n) is 9.57. The Balaban J connectivity index is 1.92. The highest BCUT2D eigenvalue weighted by Gasteiger charge is 2.39. The lowest BCUT2D eigenvalue weighted by molar-refractivity contribution is 0.414. The number of hydrogen-bond donors (Lipinski definition) is 1. The van der Waals surface area contributed by atoms with Crippen LogP contribution in [0.25, 0.3) is 0 Å². The van der Waals surface area contributed by atoms with Gasteiger partial charge in [-0.05, 0) is 59.8 Å². The van der Waals surface area contributed by atoms with Crippen molar-refractivity contribution in [1.82, 2.24) is 0 Å². The molecule has 0 aliphatic carbocycles. The second-order valence-electron chi connectivity index (χ2n) is 5.12. The predicted molar refractivity (Wildman–Crippen MR) is 75.7 cm³/mol. The van der Waals surface area contributed by atoms with E-state index in [0.717, 1.165) is 22.3 Å². The lowest BCUT2D eigenvalue weighted by Crippen LogP contribution is -2.47. The second-order valence-corrected chi connectivity index (χ2v) is 6.38. The number of fused-ring (bicyclic) bond motifs is 2. The minimum atomic E-state index is 0.388. The van der Waals surface area contributed by atoms with Crippen molar-refractivity contribution in [3.63, 3.8) is 0 Å². The predicted octanol–water partition coefficient (Wildman–Crippen LogP) is 3.56. The number of anilines is 1. The maximum atomic E-state index is 6.09. The molecule has 1 aromatic carbocycles. The van der Waals surface area contributed by atoms with Crippen LogP contribution in [0.2, 0.25) is 5.02 Å². The molecule has 2 saturated heterocycles. The molecule has 4 heteroatoms. The van der Waals surface area contributed by atoms with Crippen molar-refractivity contribution in [2.75, 3.05) is 4.90 Å². The molecule has 2 nitrogen and oxygen atoms in total. The summed E-state index contributed by atoms with van der Waals surface area (Å²) in [5.41, 5.74) is 7.37. The quantitative estimate of drug-likeness (QED) is 0.858. The van der Waals surface area contributed by atoms with Gasteiger partial charge in [-0.15, -0.1) is 0 Å². The fraction of sp³-hybridized carbons (Fsp3) is 0.538. The molecule has 2 heterocycles. The summed E-state index contributed by atoms with van der Waals surface area (Å²) in [5, 5.41) is 0.773. The van der Waals surface area contributed by atoms with Crippen molar-refractivity contribution < 1.29 is 0 Å². The van der Waals surface area contributed by atoms with Crippen molar-refractivity contribution in [3.8, 4) is 0 Å². The monoisotopic (exact) mass is 314 g/mol. The minimum Gasteiger partial charge on any atom is -0.365 e. The maximum absolute atomic E-state index is 6.09. The fourth-order valence-corrected chi connectivity index (χ4v) is 3.77. The van der Waals surface area contributed by atoms with Gasteiger partial charge in [0.05, 0.1) is 5.02 Å². The number of rotatable bonds is 1. The molecule has 2 aliphatic heterocycles. The largest absolute Gasteiger partial charge is 0.365 e. The topological polar surface area (TPSA) is 29.3 Å². The van der Waals surface area contributed by atoms with Gasteiger partial charge in [0.1, 0.15) is 0 Å². The van der Waals surface area contributed by atoms with Gasteiger partial charge < -0.3 is 10.6 Å². The number of benzene rings is 1. The number of piperidine rings is 1. The number of halogens is 2. The van der Waals surface area contributed by atoms with Crippen LogP contribution in [-0.4, -0.2) is 18.1 Å². The van der Waals surface area contributed by atoms with Crippen LogP contribution in [-0.2, 0) is 0 Å². The highest BCUT2D eigenvalue weighted by Crippen LogP contribution is 2.40. The Morgan fingerprint density at radius 3 is 2.47 bits per heavy atom. The molecule has 2 aliphatic rings. The van der Waals surface area contributed by atoms with Gasteiger partial charge in [-0.2, -0.15) is 0 Å². The zero-order chi connectivity index (χ0) is 12.0. The second kappa shape index (κ2) is 4.45. The average molecular weight is 316 g/mol. The molecule has 0 amide bonds. The summed E-state index contributed by atoms with van der Waals surface area (Å²) in [6.45, 7) is 0. The number of nitrogens with zero attached hydrogens (tertiary/aromatic N) is 1. The third-order valence-corrected chi connectivity index (χ3v) is 5.18. The summed E-state index contributed by atoms with van der Waals surface area (Å²) in [6, 6.07) is 7.85. The first-order valence-corrected chi connectivity index (χ1v) is 7.31. The van der Waals surface area contributed by atoms with Gasteiger partial charge in [0.2, 0.25) is 0 Å². The molecule has 2 bridgehead atoms. The van der Waals surface area contributed by atoms with E-state index in [9.17, 15) is 0 Å². The molecule has 0 aromatic heterocycles. The first-order chi connectivity index (χ1) is 8.15. The molecule has 0 saturated carbocycles. The Morgan fingerprint density at radius 2 is 1.88 bits per heavy atom. The minimum absolute atomic E-state index is 0.388.